The van der Waals surface area contributed by atoms with E-state index in [4.69, 9.17) is 14.5 Å². The lowest BCUT2D eigenvalue weighted by Crippen LogP contribution is -2.07. The van der Waals surface area contributed by atoms with Crippen molar-refractivity contribution < 1.29 is 14.6 Å². The topological polar surface area (TPSA) is 80.3 Å². The molecule has 0 atom stereocenters. The molecule has 31 heavy (non-hydrogen) atoms. The lowest BCUT2D eigenvalue weighted by molar-refractivity contribution is 0.242. The molecule has 0 fully saturated rings. The third-order valence-corrected chi connectivity index (χ3v) is 4.60. The number of aliphatic hydroxyl groups excluding tert-OH is 1. The number of aliphatic hydroxyl groups is 1. The number of H-pyrrole nitrogens is 1. The molecule has 0 aliphatic carbocycles. The fraction of sp³-hybridized carbons (Fsp3) is 0.200. The third-order valence-electron chi connectivity index (χ3n) is 4.60. The Bertz CT molecular complexity index is 1200. The Labute approximate surface area is 181 Å². The van der Waals surface area contributed by atoms with Gasteiger partial charge in [0.05, 0.1) is 23.1 Å². The molecule has 2 N–H and O–H groups in total. The van der Waals surface area contributed by atoms with Gasteiger partial charge < -0.3 is 19.6 Å². The number of rotatable bonds is 8. The summed E-state index contributed by atoms with van der Waals surface area (Å²) < 4.78 is 12.0. The number of hydrogen-bond donors (Lipinski definition) is 2. The summed E-state index contributed by atoms with van der Waals surface area (Å²) in [7, 11) is 0. The van der Waals surface area contributed by atoms with Crippen molar-refractivity contribution in [3.05, 3.63) is 84.3 Å². The Balaban J connectivity index is 1.67. The van der Waals surface area contributed by atoms with E-state index >= 15 is 0 Å². The van der Waals surface area contributed by atoms with Crippen LogP contribution in [0.3, 0.4) is 0 Å². The van der Waals surface area contributed by atoms with E-state index in [-0.39, 0.29) is 11.9 Å². The van der Waals surface area contributed by atoms with Crippen LogP contribution in [-0.4, -0.2) is 26.2 Å². The highest BCUT2D eigenvalue weighted by molar-refractivity contribution is 5.78. The summed E-state index contributed by atoms with van der Waals surface area (Å²) in [4.78, 5) is 12.5. The van der Waals surface area contributed by atoms with Crippen molar-refractivity contribution in [2.75, 3.05) is 0 Å². The Hall–Kier alpha value is -3.80. The maximum atomic E-state index is 9.45. The minimum absolute atomic E-state index is 0.0134. The van der Waals surface area contributed by atoms with E-state index in [2.05, 4.69) is 16.5 Å². The van der Waals surface area contributed by atoms with Gasteiger partial charge in [-0.15, -0.1) is 0 Å². The fourth-order valence-electron chi connectivity index (χ4n) is 3.25. The normalized spacial score (nSPS) is 11.1. The second kappa shape index (κ2) is 8.92. The predicted molar refractivity (Wildman–Crippen MR) is 121 cm³/mol. The highest BCUT2D eigenvalue weighted by atomic mass is 16.5. The second-order valence-corrected chi connectivity index (χ2v) is 7.60. The molecule has 2 aromatic carbocycles. The summed E-state index contributed by atoms with van der Waals surface area (Å²) in [6.45, 7) is 7.97. The van der Waals surface area contributed by atoms with E-state index in [1.165, 1.54) is 0 Å². The van der Waals surface area contributed by atoms with Crippen LogP contribution in [0.15, 0.2) is 73.0 Å². The summed E-state index contributed by atoms with van der Waals surface area (Å²) in [5.41, 5.74) is 3.98. The maximum absolute atomic E-state index is 9.45. The minimum Gasteiger partial charge on any atom is -0.513 e. The molecule has 0 saturated heterocycles. The average Bonchev–Trinajstić information content (AvgIpc) is 3.16. The summed E-state index contributed by atoms with van der Waals surface area (Å²) in [6.07, 6.45) is 0.314. The molecule has 6 nitrogen and oxygen atoms in total. The molecule has 0 spiro atoms. The zero-order chi connectivity index (χ0) is 21.8. The number of nitrogens with zero attached hydrogens (tertiary/aromatic N) is 2. The molecule has 0 aliphatic rings. The van der Waals surface area contributed by atoms with Crippen molar-refractivity contribution in [3.63, 3.8) is 0 Å². The summed E-state index contributed by atoms with van der Waals surface area (Å²) in [5.74, 6) is 2.15. The van der Waals surface area contributed by atoms with Gasteiger partial charge in [0.1, 0.15) is 29.4 Å². The van der Waals surface area contributed by atoms with E-state index < -0.39 is 0 Å². The number of ether oxygens (including phenoxy) is 2. The van der Waals surface area contributed by atoms with Gasteiger partial charge in [-0.3, -0.25) is 0 Å². The smallest absolute Gasteiger partial charge is 0.157 e. The van der Waals surface area contributed by atoms with Crippen molar-refractivity contribution in [3.8, 4) is 22.9 Å². The quantitative estimate of drug-likeness (QED) is 0.366. The van der Waals surface area contributed by atoms with Crippen LogP contribution in [-0.2, 0) is 13.0 Å². The molecule has 2 aromatic heterocycles. The largest absolute Gasteiger partial charge is 0.513 e. The number of allylic oxidation sites excluding steroid dienone is 1. The Kier molecular flexibility index (Phi) is 5.89. The van der Waals surface area contributed by atoms with Crippen LogP contribution in [0.4, 0.5) is 0 Å². The van der Waals surface area contributed by atoms with Gasteiger partial charge >= 0.3 is 0 Å². The van der Waals surface area contributed by atoms with Crippen LogP contribution in [0.2, 0.25) is 0 Å². The molecule has 6 heteroatoms. The van der Waals surface area contributed by atoms with Crippen LogP contribution in [0.1, 0.15) is 25.1 Å². The van der Waals surface area contributed by atoms with Crippen LogP contribution in [0.25, 0.3) is 22.6 Å². The van der Waals surface area contributed by atoms with E-state index in [1.54, 1.807) is 0 Å². The first-order valence-electron chi connectivity index (χ1n) is 10.2. The number of hydrogen-bond acceptors (Lipinski definition) is 5. The van der Waals surface area contributed by atoms with Crippen molar-refractivity contribution in [2.45, 2.75) is 33.0 Å². The number of aromatic nitrogens is 3. The number of benzene rings is 2. The molecule has 0 saturated carbocycles. The third kappa shape index (κ3) is 5.04. The van der Waals surface area contributed by atoms with Crippen LogP contribution < -0.4 is 9.47 Å². The van der Waals surface area contributed by atoms with Gasteiger partial charge in [0.15, 0.2) is 5.65 Å². The molecule has 0 unspecified atom stereocenters. The first-order valence-corrected chi connectivity index (χ1v) is 10.2. The SMILES string of the molecule is C=C(O)Cc1ccc2nc(-c3cc(OCc4ccccc4)ccc3OC(C)C)[nH]c2n1. The zero-order valence-electron chi connectivity index (χ0n) is 17.6. The minimum atomic E-state index is 0.0134. The lowest BCUT2D eigenvalue weighted by Gasteiger charge is -2.15. The molecule has 0 radical (unpaired) electrons. The number of aromatic amines is 1. The molecule has 4 aromatic rings. The molecule has 2 heterocycles. The maximum Gasteiger partial charge on any atom is 0.157 e. The molecular weight excluding hydrogens is 390 g/mol. The Morgan fingerprint density at radius 1 is 1.06 bits per heavy atom. The molecule has 4 rings (SSSR count). The van der Waals surface area contributed by atoms with E-state index in [9.17, 15) is 5.11 Å². The highest BCUT2D eigenvalue weighted by Crippen LogP contribution is 2.34. The van der Waals surface area contributed by atoms with Gasteiger partial charge in [-0.1, -0.05) is 36.9 Å². The molecule has 0 bridgehead atoms. The van der Waals surface area contributed by atoms with Gasteiger partial charge in [0.2, 0.25) is 0 Å². The fourth-order valence-corrected chi connectivity index (χ4v) is 3.25. The first kappa shape index (κ1) is 20.5. The van der Waals surface area contributed by atoms with Crippen molar-refractivity contribution in [1.29, 1.82) is 0 Å². The van der Waals surface area contributed by atoms with Gasteiger partial charge in [-0.25, -0.2) is 9.97 Å². The Morgan fingerprint density at radius 3 is 2.61 bits per heavy atom. The number of nitrogens with one attached hydrogen (secondary N) is 1. The standard InChI is InChI=1S/C25H25N3O3/c1-16(2)31-23-12-10-20(30-15-18-7-5-4-6-8-18)14-21(23)24-27-22-11-9-19(13-17(3)29)26-25(22)28-24/h4-12,14,16,29H,3,13,15H2,1-2H3,(H,26,27,28). The molecule has 0 aliphatic heterocycles. The molecule has 0 amide bonds. The summed E-state index contributed by atoms with van der Waals surface area (Å²) in [5, 5.41) is 9.45. The predicted octanol–water partition coefficient (Wildman–Crippen LogP) is 5.61. The summed E-state index contributed by atoms with van der Waals surface area (Å²) in [6, 6.07) is 19.5. The molecule has 158 valence electrons. The van der Waals surface area contributed by atoms with Crippen LogP contribution in [0, 0.1) is 0 Å². The van der Waals surface area contributed by atoms with Gasteiger partial charge in [0.25, 0.3) is 0 Å². The van der Waals surface area contributed by atoms with Crippen molar-refractivity contribution >= 4 is 11.2 Å². The number of imidazole rings is 1. The first-order chi connectivity index (χ1) is 15.0. The average molecular weight is 415 g/mol. The highest BCUT2D eigenvalue weighted by Gasteiger charge is 2.15. The second-order valence-electron chi connectivity index (χ2n) is 7.60. The molecular formula is C25H25N3O3. The Morgan fingerprint density at radius 2 is 1.87 bits per heavy atom. The number of fused-ring (bicyclic) bond motifs is 1. The van der Waals surface area contributed by atoms with E-state index in [0.29, 0.717) is 35.9 Å². The zero-order valence-corrected chi connectivity index (χ0v) is 17.6. The van der Waals surface area contributed by atoms with Gasteiger partial charge in [-0.05, 0) is 49.7 Å². The number of pyridine rings is 1. The van der Waals surface area contributed by atoms with Crippen LogP contribution in [0.5, 0.6) is 11.5 Å². The van der Waals surface area contributed by atoms with E-state index in [0.717, 1.165) is 22.4 Å². The van der Waals surface area contributed by atoms with Crippen molar-refractivity contribution in [1.82, 2.24) is 15.0 Å². The van der Waals surface area contributed by atoms with E-state index in [1.807, 2.05) is 74.5 Å². The van der Waals surface area contributed by atoms with Crippen LogP contribution >= 0.6 is 0 Å². The monoisotopic (exact) mass is 415 g/mol. The van der Waals surface area contributed by atoms with Gasteiger partial charge in [-0.2, -0.15) is 0 Å². The summed E-state index contributed by atoms with van der Waals surface area (Å²) >= 11 is 0. The van der Waals surface area contributed by atoms with Crippen molar-refractivity contribution in [2.24, 2.45) is 0 Å². The lowest BCUT2D eigenvalue weighted by atomic mass is 10.1. The van der Waals surface area contributed by atoms with Gasteiger partial charge in [0, 0.05) is 6.42 Å².